The third kappa shape index (κ3) is 3.26. The summed E-state index contributed by atoms with van der Waals surface area (Å²) in [5, 5.41) is 16.8. The number of rotatable bonds is 4. The van der Waals surface area contributed by atoms with Gasteiger partial charge >= 0.3 is 0 Å². The van der Waals surface area contributed by atoms with Gasteiger partial charge in [-0.25, -0.2) is 0 Å². The average Bonchev–Trinajstić information content (AvgIpc) is 2.84. The molecule has 0 unspecified atom stereocenters. The molecule has 1 aromatic carbocycles. The number of halogens is 1. The Morgan fingerprint density at radius 1 is 1.57 bits per heavy atom. The Kier molecular flexibility index (Phi) is 4.03. The number of non-ortho nitro benzene ring substituents is 1. The zero-order valence-electron chi connectivity index (χ0n) is 10.8. The Labute approximate surface area is 123 Å². The second kappa shape index (κ2) is 5.75. The minimum Gasteiger partial charge on any atom is -0.397 e. The number of hydrogen-bond donors (Lipinski definition) is 2. The first-order valence-corrected chi connectivity index (χ1v) is 6.07. The van der Waals surface area contributed by atoms with Crippen LogP contribution < -0.4 is 11.1 Å². The van der Waals surface area contributed by atoms with Gasteiger partial charge in [-0.3, -0.25) is 14.9 Å². The van der Waals surface area contributed by atoms with Crippen LogP contribution in [0.15, 0.2) is 16.7 Å². The first kappa shape index (κ1) is 14.7. The fraction of sp³-hybridized carbons (Fsp3) is 0.182. The van der Waals surface area contributed by atoms with Crippen LogP contribution >= 0.6 is 11.6 Å². The van der Waals surface area contributed by atoms with Crippen LogP contribution in [0.2, 0.25) is 5.02 Å². The molecule has 110 valence electrons. The van der Waals surface area contributed by atoms with Gasteiger partial charge in [0, 0.05) is 19.1 Å². The third-order valence-corrected chi connectivity index (χ3v) is 2.86. The summed E-state index contributed by atoms with van der Waals surface area (Å²) >= 11 is 5.78. The molecular weight excluding hydrogens is 302 g/mol. The van der Waals surface area contributed by atoms with E-state index in [0.717, 1.165) is 12.1 Å². The lowest BCUT2D eigenvalue weighted by Crippen LogP contribution is -2.24. The van der Waals surface area contributed by atoms with Crippen molar-refractivity contribution in [2.45, 2.75) is 13.5 Å². The monoisotopic (exact) mass is 311 g/mol. The number of aryl methyl sites for hydroxylation is 1. The van der Waals surface area contributed by atoms with Crippen LogP contribution in [0.4, 0.5) is 11.4 Å². The van der Waals surface area contributed by atoms with E-state index in [9.17, 15) is 14.9 Å². The summed E-state index contributed by atoms with van der Waals surface area (Å²) in [6.45, 7) is 1.60. The summed E-state index contributed by atoms with van der Waals surface area (Å²) in [5.41, 5.74) is 5.21. The number of anilines is 1. The van der Waals surface area contributed by atoms with E-state index in [-0.39, 0.29) is 34.3 Å². The third-order valence-electron chi connectivity index (χ3n) is 2.55. The van der Waals surface area contributed by atoms with E-state index in [4.69, 9.17) is 21.9 Å². The lowest BCUT2D eigenvalue weighted by molar-refractivity contribution is -0.384. The zero-order chi connectivity index (χ0) is 15.6. The van der Waals surface area contributed by atoms with E-state index in [1.165, 1.54) is 0 Å². The van der Waals surface area contributed by atoms with E-state index in [1.807, 2.05) is 0 Å². The summed E-state index contributed by atoms with van der Waals surface area (Å²) in [7, 11) is 0. The van der Waals surface area contributed by atoms with Crippen LogP contribution in [-0.4, -0.2) is 21.0 Å². The molecule has 21 heavy (non-hydrogen) atoms. The molecule has 1 amide bonds. The van der Waals surface area contributed by atoms with Gasteiger partial charge in [0.05, 0.1) is 27.7 Å². The normalized spacial score (nSPS) is 10.4. The number of benzene rings is 1. The Morgan fingerprint density at radius 3 is 2.86 bits per heavy atom. The van der Waals surface area contributed by atoms with E-state index >= 15 is 0 Å². The van der Waals surface area contributed by atoms with Crippen molar-refractivity contribution in [1.82, 2.24) is 15.5 Å². The first-order valence-electron chi connectivity index (χ1n) is 5.69. The summed E-state index contributed by atoms with van der Waals surface area (Å²) in [4.78, 5) is 26.0. The number of carbonyl (C=O) groups excluding carboxylic acids is 1. The first-order chi connectivity index (χ1) is 9.88. The van der Waals surface area contributed by atoms with Crippen LogP contribution in [-0.2, 0) is 6.54 Å². The largest absolute Gasteiger partial charge is 0.397 e. The number of aromatic nitrogens is 2. The molecule has 0 radical (unpaired) electrons. The Bertz CT molecular complexity index is 715. The number of carbonyl (C=O) groups is 1. The predicted molar refractivity (Wildman–Crippen MR) is 72.7 cm³/mol. The van der Waals surface area contributed by atoms with Crippen molar-refractivity contribution in [3.8, 4) is 0 Å². The van der Waals surface area contributed by atoms with E-state index in [1.54, 1.807) is 6.92 Å². The number of hydrogen-bond acceptors (Lipinski definition) is 7. The summed E-state index contributed by atoms with van der Waals surface area (Å²) < 4.78 is 4.75. The molecule has 0 atom stereocenters. The van der Waals surface area contributed by atoms with Gasteiger partial charge in [0.15, 0.2) is 5.82 Å². The molecule has 0 saturated carbocycles. The molecule has 2 aromatic rings. The van der Waals surface area contributed by atoms with Crippen molar-refractivity contribution in [2.24, 2.45) is 0 Å². The van der Waals surface area contributed by atoms with Crippen LogP contribution in [0.25, 0.3) is 0 Å². The number of nitrogens with zero attached hydrogens (tertiary/aromatic N) is 3. The number of nitrogens with one attached hydrogen (secondary N) is 1. The molecule has 0 spiro atoms. The molecule has 0 fully saturated rings. The minimum absolute atomic E-state index is 0.00404. The zero-order valence-corrected chi connectivity index (χ0v) is 11.5. The maximum atomic E-state index is 12.0. The lowest BCUT2D eigenvalue weighted by Gasteiger charge is -2.07. The average molecular weight is 312 g/mol. The fourth-order valence-electron chi connectivity index (χ4n) is 1.56. The highest BCUT2D eigenvalue weighted by Crippen LogP contribution is 2.28. The fourth-order valence-corrected chi connectivity index (χ4v) is 1.78. The molecule has 0 aliphatic carbocycles. The molecule has 10 heteroatoms. The maximum Gasteiger partial charge on any atom is 0.271 e. The van der Waals surface area contributed by atoms with Gasteiger partial charge in [-0.1, -0.05) is 16.8 Å². The summed E-state index contributed by atoms with van der Waals surface area (Å²) in [6.07, 6.45) is 0. The highest BCUT2D eigenvalue weighted by Gasteiger charge is 2.19. The number of nitro groups is 1. The van der Waals surface area contributed by atoms with Gasteiger partial charge in [-0.05, 0) is 0 Å². The van der Waals surface area contributed by atoms with Crippen molar-refractivity contribution in [3.05, 3.63) is 44.5 Å². The molecule has 9 nitrogen and oxygen atoms in total. The molecule has 2 rings (SSSR count). The molecule has 1 aromatic heterocycles. The highest BCUT2D eigenvalue weighted by atomic mass is 35.5. The summed E-state index contributed by atoms with van der Waals surface area (Å²) in [5.74, 6) is 0.00802. The predicted octanol–water partition coefficient (Wildman–Crippen LogP) is 1.45. The molecule has 0 aliphatic rings. The van der Waals surface area contributed by atoms with E-state index in [2.05, 4.69) is 15.5 Å². The summed E-state index contributed by atoms with van der Waals surface area (Å²) in [6, 6.07) is 2.13. The Balaban J connectivity index is 2.20. The van der Waals surface area contributed by atoms with Crippen molar-refractivity contribution in [1.29, 1.82) is 0 Å². The number of nitro benzene ring substituents is 1. The van der Waals surface area contributed by atoms with Gasteiger partial charge in [-0.15, -0.1) is 0 Å². The van der Waals surface area contributed by atoms with Gasteiger partial charge in [0.25, 0.3) is 11.6 Å². The lowest BCUT2D eigenvalue weighted by atomic mass is 10.1. The second-order valence-corrected chi connectivity index (χ2v) is 4.47. The molecule has 0 bridgehead atoms. The van der Waals surface area contributed by atoms with E-state index in [0.29, 0.717) is 5.89 Å². The van der Waals surface area contributed by atoms with E-state index < -0.39 is 10.8 Å². The Morgan fingerprint density at radius 2 is 2.29 bits per heavy atom. The smallest absolute Gasteiger partial charge is 0.271 e. The second-order valence-electron chi connectivity index (χ2n) is 4.06. The van der Waals surface area contributed by atoms with Crippen molar-refractivity contribution >= 4 is 28.9 Å². The molecule has 1 heterocycles. The topological polar surface area (TPSA) is 137 Å². The molecule has 0 saturated heterocycles. The number of amides is 1. The van der Waals surface area contributed by atoms with Crippen LogP contribution in [0.3, 0.4) is 0 Å². The SMILES string of the molecule is Cc1nc(CNC(=O)c2cc([N+](=O)[O-])cc(Cl)c2N)no1. The molecule has 3 N–H and O–H groups in total. The van der Waals surface area contributed by atoms with Gasteiger partial charge in [-0.2, -0.15) is 4.98 Å². The Hall–Kier alpha value is -2.68. The van der Waals surface area contributed by atoms with Crippen molar-refractivity contribution in [3.63, 3.8) is 0 Å². The quantitative estimate of drug-likeness (QED) is 0.495. The van der Waals surface area contributed by atoms with Gasteiger partial charge < -0.3 is 15.6 Å². The van der Waals surface area contributed by atoms with Crippen molar-refractivity contribution < 1.29 is 14.2 Å². The van der Waals surface area contributed by atoms with Crippen molar-refractivity contribution in [2.75, 3.05) is 5.73 Å². The molecule has 0 aliphatic heterocycles. The standard InChI is InChI=1S/C11H10ClN5O4/c1-5-15-9(16-21-5)4-14-11(18)7-2-6(17(19)20)3-8(12)10(7)13/h2-3H,4,13H2,1H3,(H,14,18). The number of nitrogens with two attached hydrogens (primary N) is 1. The highest BCUT2D eigenvalue weighted by molar-refractivity contribution is 6.34. The number of nitrogen functional groups attached to an aromatic ring is 1. The van der Waals surface area contributed by atoms with Crippen LogP contribution in [0.1, 0.15) is 22.1 Å². The maximum absolute atomic E-state index is 12.0. The van der Waals surface area contributed by atoms with Gasteiger partial charge in [0.1, 0.15) is 0 Å². The van der Waals surface area contributed by atoms with Crippen LogP contribution in [0, 0.1) is 17.0 Å². The minimum atomic E-state index is -0.662. The van der Waals surface area contributed by atoms with Crippen LogP contribution in [0.5, 0.6) is 0 Å². The molecular formula is C11H10ClN5O4. The van der Waals surface area contributed by atoms with Gasteiger partial charge in [0.2, 0.25) is 5.89 Å².